The van der Waals surface area contributed by atoms with Gasteiger partial charge in [0, 0.05) is 11.3 Å². The van der Waals surface area contributed by atoms with Crippen LogP contribution in [0.5, 0.6) is 0 Å². The first-order valence-electron chi connectivity index (χ1n) is 5.88. The first kappa shape index (κ1) is 11.4. The van der Waals surface area contributed by atoms with Crippen molar-refractivity contribution < 1.29 is 9.50 Å². The number of aliphatic hydroxyl groups excluding tert-OH is 1. The average molecular weight is 223 g/mol. The van der Waals surface area contributed by atoms with Crippen molar-refractivity contribution in [1.29, 1.82) is 0 Å². The molecule has 0 spiro atoms. The smallest absolute Gasteiger partial charge is 0.128 e. The lowest BCUT2D eigenvalue weighted by Crippen LogP contribution is -2.36. The fraction of sp³-hybridized carbons (Fsp3) is 0.538. The molecule has 1 saturated carbocycles. The summed E-state index contributed by atoms with van der Waals surface area (Å²) in [5.74, 6) is -0.199. The number of hydrogen-bond donors (Lipinski definition) is 2. The van der Waals surface area contributed by atoms with Crippen molar-refractivity contribution in [2.45, 2.75) is 44.8 Å². The summed E-state index contributed by atoms with van der Waals surface area (Å²) in [4.78, 5) is 0. The molecule has 3 heteroatoms. The molecular formula is C13H18FNO. The van der Waals surface area contributed by atoms with E-state index in [2.05, 4.69) is 5.32 Å². The third kappa shape index (κ3) is 2.35. The zero-order chi connectivity index (χ0) is 11.5. The lowest BCUT2D eigenvalue weighted by Gasteiger charge is -2.29. The molecule has 0 aromatic heterocycles. The van der Waals surface area contributed by atoms with E-state index in [1.807, 2.05) is 6.07 Å². The Balaban J connectivity index is 2.10. The van der Waals surface area contributed by atoms with Gasteiger partial charge in [-0.05, 0) is 31.9 Å². The summed E-state index contributed by atoms with van der Waals surface area (Å²) in [6.07, 6.45) is 3.70. The molecule has 88 valence electrons. The fourth-order valence-corrected chi connectivity index (χ4v) is 2.24. The molecule has 1 aromatic carbocycles. The minimum Gasteiger partial charge on any atom is -0.391 e. The van der Waals surface area contributed by atoms with Gasteiger partial charge in [0.15, 0.2) is 0 Å². The van der Waals surface area contributed by atoms with Crippen molar-refractivity contribution in [3.63, 3.8) is 0 Å². The van der Waals surface area contributed by atoms with Crippen molar-refractivity contribution in [1.82, 2.24) is 0 Å². The van der Waals surface area contributed by atoms with E-state index in [0.29, 0.717) is 5.56 Å². The summed E-state index contributed by atoms with van der Waals surface area (Å²) in [5, 5.41) is 13.1. The van der Waals surface area contributed by atoms with Crippen LogP contribution >= 0.6 is 0 Å². The van der Waals surface area contributed by atoms with Crippen molar-refractivity contribution in [2.75, 3.05) is 5.32 Å². The van der Waals surface area contributed by atoms with Crippen LogP contribution in [0, 0.1) is 12.7 Å². The van der Waals surface area contributed by atoms with Gasteiger partial charge in [0.2, 0.25) is 0 Å². The number of rotatable bonds is 2. The topological polar surface area (TPSA) is 32.3 Å². The Labute approximate surface area is 95.5 Å². The Hall–Kier alpha value is -1.09. The molecule has 2 atom stereocenters. The fourth-order valence-electron chi connectivity index (χ4n) is 2.24. The van der Waals surface area contributed by atoms with E-state index in [9.17, 15) is 9.50 Å². The number of hydrogen-bond acceptors (Lipinski definition) is 2. The third-order valence-corrected chi connectivity index (χ3v) is 3.34. The molecule has 1 aromatic rings. The predicted octanol–water partition coefficient (Wildman–Crippen LogP) is 2.85. The van der Waals surface area contributed by atoms with E-state index in [4.69, 9.17) is 0 Å². The lowest BCUT2D eigenvalue weighted by molar-refractivity contribution is 0.116. The van der Waals surface area contributed by atoms with Gasteiger partial charge in [0.25, 0.3) is 0 Å². The average Bonchev–Trinajstić information content (AvgIpc) is 2.28. The Morgan fingerprint density at radius 3 is 2.81 bits per heavy atom. The van der Waals surface area contributed by atoms with Crippen LogP contribution in [0.15, 0.2) is 18.2 Å². The number of nitrogens with one attached hydrogen (secondary N) is 1. The molecule has 0 radical (unpaired) electrons. The number of benzene rings is 1. The summed E-state index contributed by atoms with van der Waals surface area (Å²) < 4.78 is 13.3. The Kier molecular flexibility index (Phi) is 3.44. The highest BCUT2D eigenvalue weighted by Gasteiger charge is 2.23. The highest BCUT2D eigenvalue weighted by atomic mass is 19.1. The van der Waals surface area contributed by atoms with E-state index in [1.54, 1.807) is 13.0 Å². The highest BCUT2D eigenvalue weighted by molar-refractivity contribution is 5.51. The van der Waals surface area contributed by atoms with E-state index in [0.717, 1.165) is 31.4 Å². The van der Waals surface area contributed by atoms with Crippen LogP contribution in [0.1, 0.15) is 31.2 Å². The second kappa shape index (κ2) is 4.83. The molecule has 2 N–H and O–H groups in total. The quantitative estimate of drug-likeness (QED) is 0.808. The molecule has 0 saturated heterocycles. The maximum absolute atomic E-state index is 13.3. The van der Waals surface area contributed by atoms with Crippen LogP contribution in [-0.4, -0.2) is 17.3 Å². The molecule has 0 heterocycles. The minimum absolute atomic E-state index is 0.0641. The number of anilines is 1. The van der Waals surface area contributed by atoms with Gasteiger partial charge in [-0.3, -0.25) is 0 Å². The largest absolute Gasteiger partial charge is 0.391 e. The number of halogens is 1. The predicted molar refractivity (Wildman–Crippen MR) is 63.0 cm³/mol. The van der Waals surface area contributed by atoms with Crippen molar-refractivity contribution in [2.24, 2.45) is 0 Å². The Bertz CT molecular complexity index is 367. The van der Waals surface area contributed by atoms with Gasteiger partial charge in [-0.15, -0.1) is 0 Å². The minimum atomic E-state index is -0.309. The summed E-state index contributed by atoms with van der Waals surface area (Å²) in [5.41, 5.74) is 1.42. The monoisotopic (exact) mass is 223 g/mol. The second-order valence-electron chi connectivity index (χ2n) is 4.52. The van der Waals surface area contributed by atoms with E-state index in [-0.39, 0.29) is 18.0 Å². The first-order chi connectivity index (χ1) is 7.68. The first-order valence-corrected chi connectivity index (χ1v) is 5.88. The molecule has 16 heavy (non-hydrogen) atoms. The van der Waals surface area contributed by atoms with E-state index in [1.165, 1.54) is 6.07 Å². The highest BCUT2D eigenvalue weighted by Crippen LogP contribution is 2.24. The Morgan fingerprint density at radius 2 is 2.06 bits per heavy atom. The zero-order valence-corrected chi connectivity index (χ0v) is 9.54. The van der Waals surface area contributed by atoms with Crippen molar-refractivity contribution in [3.8, 4) is 0 Å². The third-order valence-electron chi connectivity index (χ3n) is 3.34. The molecule has 2 nitrogen and oxygen atoms in total. The SMILES string of the molecule is Cc1c(F)cccc1NC1CCCCC1O. The zero-order valence-electron chi connectivity index (χ0n) is 9.54. The maximum atomic E-state index is 13.3. The van der Waals surface area contributed by atoms with Crippen LogP contribution < -0.4 is 5.32 Å². The van der Waals surface area contributed by atoms with Crippen LogP contribution in [0.2, 0.25) is 0 Å². The molecule has 0 amide bonds. The van der Waals surface area contributed by atoms with Crippen LogP contribution in [0.3, 0.4) is 0 Å². The van der Waals surface area contributed by atoms with E-state index >= 15 is 0 Å². The molecule has 1 aliphatic rings. The Morgan fingerprint density at radius 1 is 1.31 bits per heavy atom. The summed E-state index contributed by atoms with van der Waals surface area (Å²) >= 11 is 0. The van der Waals surface area contributed by atoms with Crippen LogP contribution in [-0.2, 0) is 0 Å². The van der Waals surface area contributed by atoms with Crippen molar-refractivity contribution in [3.05, 3.63) is 29.6 Å². The maximum Gasteiger partial charge on any atom is 0.128 e. The molecule has 2 rings (SSSR count). The van der Waals surface area contributed by atoms with Gasteiger partial charge in [-0.1, -0.05) is 18.9 Å². The van der Waals surface area contributed by atoms with Crippen LogP contribution in [0.25, 0.3) is 0 Å². The summed E-state index contributed by atoms with van der Waals surface area (Å²) in [6, 6.07) is 5.08. The van der Waals surface area contributed by atoms with Gasteiger partial charge < -0.3 is 10.4 Å². The normalized spacial score (nSPS) is 25.4. The van der Waals surface area contributed by atoms with E-state index < -0.39 is 0 Å². The second-order valence-corrected chi connectivity index (χ2v) is 4.52. The lowest BCUT2D eigenvalue weighted by atomic mass is 9.92. The van der Waals surface area contributed by atoms with Gasteiger partial charge in [0.05, 0.1) is 12.1 Å². The molecule has 0 bridgehead atoms. The van der Waals surface area contributed by atoms with Crippen molar-refractivity contribution >= 4 is 5.69 Å². The molecule has 0 aliphatic heterocycles. The number of aliphatic hydroxyl groups is 1. The molecule has 1 aliphatic carbocycles. The molecule has 1 fully saturated rings. The summed E-state index contributed by atoms with van der Waals surface area (Å²) in [6.45, 7) is 1.76. The van der Waals surface area contributed by atoms with Gasteiger partial charge in [-0.2, -0.15) is 0 Å². The summed E-state index contributed by atoms with van der Waals surface area (Å²) in [7, 11) is 0. The van der Waals surface area contributed by atoms with Crippen LogP contribution in [0.4, 0.5) is 10.1 Å². The van der Waals surface area contributed by atoms with Gasteiger partial charge in [0.1, 0.15) is 5.82 Å². The van der Waals surface area contributed by atoms with Gasteiger partial charge in [-0.25, -0.2) is 4.39 Å². The molecular weight excluding hydrogens is 205 g/mol. The standard InChI is InChI=1S/C13H18FNO/c1-9-10(14)5-4-7-11(9)15-12-6-2-3-8-13(12)16/h4-5,7,12-13,15-16H,2-3,6,8H2,1H3. The van der Waals surface area contributed by atoms with Gasteiger partial charge >= 0.3 is 0 Å². The molecule has 2 unspecified atom stereocenters.